The first-order valence-electron chi connectivity index (χ1n) is 6.93. The van der Waals surface area contributed by atoms with Crippen LogP contribution in [0, 0.1) is 13.8 Å². The van der Waals surface area contributed by atoms with Crippen LogP contribution in [-0.2, 0) is 6.54 Å². The molecule has 2 aromatic heterocycles. The topological polar surface area (TPSA) is 65.3 Å². The highest BCUT2D eigenvalue weighted by Gasteiger charge is 2.12. The normalized spacial score (nSPS) is 12.7. The Balaban J connectivity index is 1.97. The Kier molecular flexibility index (Phi) is 3.35. The van der Waals surface area contributed by atoms with Crippen LogP contribution < -0.4 is 11.3 Å². The molecule has 5 nitrogen and oxygen atoms in total. The number of nitrogens with two attached hydrogens (primary N) is 1. The van der Waals surface area contributed by atoms with E-state index in [0.717, 1.165) is 16.8 Å². The lowest BCUT2D eigenvalue weighted by molar-refractivity contribution is 0.557. The molecule has 3 rings (SSSR count). The first-order chi connectivity index (χ1) is 10.1. The van der Waals surface area contributed by atoms with Crippen molar-refractivity contribution in [2.24, 2.45) is 5.73 Å². The minimum atomic E-state index is -0.213. The molecule has 0 saturated heterocycles. The van der Waals surface area contributed by atoms with E-state index in [1.807, 2.05) is 38.1 Å². The Bertz CT molecular complexity index is 847. The molecule has 0 spiro atoms. The van der Waals surface area contributed by atoms with Gasteiger partial charge in [0.05, 0.1) is 5.69 Å². The molecular formula is C16H18N4O. The van der Waals surface area contributed by atoms with Crippen LogP contribution in [0.3, 0.4) is 0 Å². The van der Waals surface area contributed by atoms with Crippen LogP contribution in [0.2, 0.25) is 0 Å². The fraction of sp³-hybridized carbons (Fsp3) is 0.250. The number of rotatable bonds is 3. The molecule has 21 heavy (non-hydrogen) atoms. The Morgan fingerprint density at radius 3 is 2.76 bits per heavy atom. The van der Waals surface area contributed by atoms with Crippen molar-refractivity contribution in [3.05, 3.63) is 69.9 Å². The molecular weight excluding hydrogens is 264 g/mol. The Morgan fingerprint density at radius 2 is 2.00 bits per heavy atom. The van der Waals surface area contributed by atoms with Crippen molar-refractivity contribution >= 4 is 5.52 Å². The Morgan fingerprint density at radius 1 is 1.24 bits per heavy atom. The SMILES string of the molecule is Cc1cc2c(=O)n(CC(N)c3ccccc3C)ccn2n1. The highest BCUT2D eigenvalue weighted by molar-refractivity contribution is 5.44. The highest BCUT2D eigenvalue weighted by Crippen LogP contribution is 2.16. The van der Waals surface area contributed by atoms with Gasteiger partial charge in [0.25, 0.3) is 5.56 Å². The molecule has 0 fully saturated rings. The first kappa shape index (κ1) is 13.6. The highest BCUT2D eigenvalue weighted by atomic mass is 16.1. The van der Waals surface area contributed by atoms with E-state index in [1.165, 1.54) is 0 Å². The maximum Gasteiger partial charge on any atom is 0.276 e. The summed E-state index contributed by atoms with van der Waals surface area (Å²) in [5.41, 5.74) is 9.80. The molecule has 1 atom stereocenters. The van der Waals surface area contributed by atoms with Crippen LogP contribution in [0.25, 0.3) is 5.52 Å². The van der Waals surface area contributed by atoms with E-state index in [4.69, 9.17) is 5.73 Å². The number of hydrogen-bond donors (Lipinski definition) is 1. The summed E-state index contributed by atoms with van der Waals surface area (Å²) in [4.78, 5) is 12.4. The lowest BCUT2D eigenvalue weighted by atomic mass is 10.0. The fourth-order valence-corrected chi connectivity index (χ4v) is 2.61. The van der Waals surface area contributed by atoms with Crippen LogP contribution in [-0.4, -0.2) is 14.2 Å². The molecule has 0 aliphatic rings. The summed E-state index contributed by atoms with van der Waals surface area (Å²) in [7, 11) is 0. The Hall–Kier alpha value is -2.40. The molecule has 5 heteroatoms. The molecule has 3 aromatic rings. The van der Waals surface area contributed by atoms with Gasteiger partial charge in [-0.2, -0.15) is 5.10 Å². The minimum absolute atomic E-state index is 0.0675. The van der Waals surface area contributed by atoms with Gasteiger partial charge in [0.15, 0.2) is 0 Å². The van der Waals surface area contributed by atoms with Gasteiger partial charge < -0.3 is 10.3 Å². The molecule has 0 aliphatic carbocycles. The zero-order chi connectivity index (χ0) is 15.0. The fourth-order valence-electron chi connectivity index (χ4n) is 2.61. The van der Waals surface area contributed by atoms with Gasteiger partial charge in [-0.05, 0) is 31.0 Å². The summed E-state index contributed by atoms with van der Waals surface area (Å²) >= 11 is 0. The van der Waals surface area contributed by atoms with Gasteiger partial charge >= 0.3 is 0 Å². The average Bonchev–Trinajstić information content (AvgIpc) is 2.84. The molecule has 0 bridgehead atoms. The van der Waals surface area contributed by atoms with E-state index in [-0.39, 0.29) is 11.6 Å². The maximum absolute atomic E-state index is 12.4. The predicted molar refractivity (Wildman–Crippen MR) is 82.3 cm³/mol. The van der Waals surface area contributed by atoms with Gasteiger partial charge in [0.1, 0.15) is 5.52 Å². The van der Waals surface area contributed by atoms with Crippen LogP contribution >= 0.6 is 0 Å². The van der Waals surface area contributed by atoms with E-state index in [0.29, 0.717) is 12.1 Å². The van der Waals surface area contributed by atoms with Crippen molar-refractivity contribution < 1.29 is 0 Å². The van der Waals surface area contributed by atoms with E-state index >= 15 is 0 Å². The minimum Gasteiger partial charge on any atom is -0.322 e. The number of nitrogens with zero attached hydrogens (tertiary/aromatic N) is 3. The van der Waals surface area contributed by atoms with Crippen molar-refractivity contribution in [2.45, 2.75) is 26.4 Å². The molecule has 2 heterocycles. The lowest BCUT2D eigenvalue weighted by Crippen LogP contribution is -2.27. The summed E-state index contributed by atoms with van der Waals surface area (Å²) in [6.07, 6.45) is 3.52. The predicted octanol–water partition coefficient (Wildman–Crippen LogP) is 1.81. The monoisotopic (exact) mass is 282 g/mol. The molecule has 0 aliphatic heterocycles. The second kappa shape index (κ2) is 5.18. The molecule has 0 radical (unpaired) electrons. The molecule has 0 saturated carbocycles. The van der Waals surface area contributed by atoms with Crippen LogP contribution in [0.1, 0.15) is 22.9 Å². The smallest absolute Gasteiger partial charge is 0.276 e. The second-order valence-electron chi connectivity index (χ2n) is 5.33. The summed E-state index contributed by atoms with van der Waals surface area (Å²) in [5.74, 6) is 0. The lowest BCUT2D eigenvalue weighted by Gasteiger charge is -2.16. The van der Waals surface area contributed by atoms with E-state index in [1.54, 1.807) is 27.5 Å². The number of hydrogen-bond acceptors (Lipinski definition) is 3. The van der Waals surface area contributed by atoms with E-state index < -0.39 is 0 Å². The second-order valence-corrected chi connectivity index (χ2v) is 5.33. The van der Waals surface area contributed by atoms with Crippen molar-refractivity contribution in [1.29, 1.82) is 0 Å². The summed E-state index contributed by atoms with van der Waals surface area (Å²) < 4.78 is 3.25. The standard InChI is InChI=1S/C16H18N4O/c1-11-5-3-4-6-13(11)14(17)10-19-7-8-20-15(16(19)21)9-12(2)18-20/h3-9,14H,10,17H2,1-2H3. The summed E-state index contributed by atoms with van der Waals surface area (Å²) in [6, 6.07) is 9.56. The quantitative estimate of drug-likeness (QED) is 0.797. The number of fused-ring (bicyclic) bond motifs is 1. The molecule has 2 N–H and O–H groups in total. The van der Waals surface area contributed by atoms with Crippen molar-refractivity contribution in [3.8, 4) is 0 Å². The molecule has 1 unspecified atom stereocenters. The van der Waals surface area contributed by atoms with Crippen LogP contribution in [0.5, 0.6) is 0 Å². The van der Waals surface area contributed by atoms with Crippen LogP contribution in [0.15, 0.2) is 47.5 Å². The van der Waals surface area contributed by atoms with Gasteiger partial charge in [-0.1, -0.05) is 24.3 Å². The molecule has 108 valence electrons. The number of aromatic nitrogens is 3. The van der Waals surface area contributed by atoms with Crippen molar-refractivity contribution in [2.75, 3.05) is 0 Å². The number of benzene rings is 1. The molecule has 1 aromatic carbocycles. The van der Waals surface area contributed by atoms with Crippen molar-refractivity contribution in [1.82, 2.24) is 14.2 Å². The van der Waals surface area contributed by atoms with E-state index in [2.05, 4.69) is 5.10 Å². The maximum atomic E-state index is 12.4. The third-order valence-corrected chi connectivity index (χ3v) is 3.71. The van der Waals surface area contributed by atoms with Crippen LogP contribution in [0.4, 0.5) is 0 Å². The third kappa shape index (κ3) is 2.48. The van der Waals surface area contributed by atoms with Gasteiger partial charge in [-0.3, -0.25) is 4.79 Å². The first-order valence-corrected chi connectivity index (χ1v) is 6.93. The van der Waals surface area contributed by atoms with E-state index in [9.17, 15) is 4.79 Å². The third-order valence-electron chi connectivity index (χ3n) is 3.71. The largest absolute Gasteiger partial charge is 0.322 e. The van der Waals surface area contributed by atoms with Gasteiger partial charge in [-0.25, -0.2) is 4.52 Å². The average molecular weight is 282 g/mol. The van der Waals surface area contributed by atoms with Gasteiger partial charge in [-0.15, -0.1) is 0 Å². The summed E-state index contributed by atoms with van der Waals surface area (Å²) in [6.45, 7) is 4.35. The number of aryl methyl sites for hydroxylation is 2. The Labute approximate surface area is 122 Å². The van der Waals surface area contributed by atoms with Crippen molar-refractivity contribution in [3.63, 3.8) is 0 Å². The molecule has 0 amide bonds. The zero-order valence-electron chi connectivity index (χ0n) is 12.2. The zero-order valence-corrected chi connectivity index (χ0v) is 12.2. The van der Waals surface area contributed by atoms with Gasteiger partial charge in [0.2, 0.25) is 0 Å². The summed E-state index contributed by atoms with van der Waals surface area (Å²) in [5, 5.41) is 4.24. The van der Waals surface area contributed by atoms with Gasteiger partial charge in [0, 0.05) is 25.0 Å².